The summed E-state index contributed by atoms with van der Waals surface area (Å²) in [6.07, 6.45) is 6.41. The Hall–Kier alpha value is -2.24. The van der Waals surface area contributed by atoms with Crippen molar-refractivity contribution in [2.24, 2.45) is 7.05 Å². The van der Waals surface area contributed by atoms with Crippen LogP contribution in [-0.2, 0) is 23.5 Å². The van der Waals surface area contributed by atoms with Crippen LogP contribution in [0.5, 0.6) is 0 Å². The predicted octanol–water partition coefficient (Wildman–Crippen LogP) is 4.48. The van der Waals surface area contributed by atoms with E-state index in [0.717, 1.165) is 11.6 Å². The van der Waals surface area contributed by atoms with Gasteiger partial charge in [0, 0.05) is 13.0 Å². The molecule has 0 aliphatic heterocycles. The van der Waals surface area contributed by atoms with Crippen LogP contribution >= 0.6 is 0 Å². The molecule has 1 aromatic heterocycles. The van der Waals surface area contributed by atoms with Crippen molar-refractivity contribution in [3.05, 3.63) is 71.8 Å². The highest BCUT2D eigenvalue weighted by Gasteiger charge is 2.24. The van der Waals surface area contributed by atoms with Crippen LogP contribution in [0.3, 0.4) is 0 Å². The second-order valence-electron chi connectivity index (χ2n) is 9.68. The largest absolute Gasteiger partial charge is 0.400 e. The number of hydrogen-bond donors (Lipinski definition) is 0. The maximum absolute atomic E-state index is 6.59. The van der Waals surface area contributed by atoms with E-state index in [1.165, 1.54) is 48.0 Å². The molecule has 1 fully saturated rings. The molecule has 3 aromatic rings. The molecule has 0 bridgehead atoms. The van der Waals surface area contributed by atoms with Gasteiger partial charge in [0.1, 0.15) is 5.82 Å². The van der Waals surface area contributed by atoms with Gasteiger partial charge in [-0.1, -0.05) is 94.6 Å². The molecule has 1 aliphatic rings. The van der Waals surface area contributed by atoms with Gasteiger partial charge in [-0.15, -0.1) is 10.2 Å². The van der Waals surface area contributed by atoms with Gasteiger partial charge >= 0.3 is 0 Å². The van der Waals surface area contributed by atoms with Gasteiger partial charge in [0.25, 0.3) is 9.04 Å². The van der Waals surface area contributed by atoms with E-state index in [-0.39, 0.29) is 5.41 Å². The van der Waals surface area contributed by atoms with Crippen LogP contribution in [0, 0.1) is 0 Å². The van der Waals surface area contributed by atoms with E-state index in [1.54, 1.807) is 0 Å². The van der Waals surface area contributed by atoms with Gasteiger partial charge in [0.2, 0.25) is 0 Å². The van der Waals surface area contributed by atoms with Gasteiger partial charge in [-0.3, -0.25) is 0 Å². The van der Waals surface area contributed by atoms with Crippen molar-refractivity contribution < 1.29 is 4.43 Å². The minimum atomic E-state index is -1.37. The molecule has 0 unspecified atom stereocenters. The summed E-state index contributed by atoms with van der Waals surface area (Å²) in [5.74, 6) is 2.59. The molecule has 4 rings (SSSR count). The SMILES string of the molecule is Cn1c(CO[Si](c2ccccc2)c2ccc(C(C)(C)C)cc2)nnc1C1CCCCC1. The first-order valence-corrected chi connectivity index (χ1v) is 12.9. The van der Waals surface area contributed by atoms with E-state index >= 15 is 0 Å². The lowest BCUT2D eigenvalue weighted by molar-refractivity contribution is 0.304. The molecule has 1 radical (unpaired) electrons. The third-order valence-corrected chi connectivity index (χ3v) is 8.51. The van der Waals surface area contributed by atoms with E-state index < -0.39 is 9.04 Å². The molecule has 0 N–H and O–H groups in total. The van der Waals surface area contributed by atoms with Crippen LogP contribution in [0.2, 0.25) is 0 Å². The molecule has 0 atom stereocenters. The molecular weight excluding hydrogens is 398 g/mol. The molecule has 5 heteroatoms. The Bertz CT molecular complexity index is 970. The van der Waals surface area contributed by atoms with Crippen molar-refractivity contribution in [1.82, 2.24) is 14.8 Å². The Balaban J connectivity index is 1.54. The van der Waals surface area contributed by atoms with Crippen LogP contribution < -0.4 is 10.4 Å². The molecule has 2 aromatic carbocycles. The highest BCUT2D eigenvalue weighted by molar-refractivity contribution is 6.80. The summed E-state index contributed by atoms with van der Waals surface area (Å²) in [6, 6.07) is 19.6. The summed E-state index contributed by atoms with van der Waals surface area (Å²) < 4.78 is 8.76. The highest BCUT2D eigenvalue weighted by Crippen LogP contribution is 2.31. The van der Waals surface area contributed by atoms with Crippen LogP contribution in [0.1, 0.15) is 76.0 Å². The second kappa shape index (κ2) is 9.49. The van der Waals surface area contributed by atoms with Crippen LogP contribution in [-0.4, -0.2) is 23.8 Å². The molecule has 1 saturated carbocycles. The summed E-state index contributed by atoms with van der Waals surface area (Å²) in [4.78, 5) is 0. The number of aromatic nitrogens is 3. The zero-order valence-corrected chi connectivity index (χ0v) is 20.3. The van der Waals surface area contributed by atoms with Gasteiger partial charge in [-0.25, -0.2) is 0 Å². The second-order valence-corrected chi connectivity index (χ2v) is 11.8. The Morgan fingerprint density at radius 3 is 2.19 bits per heavy atom. The molecule has 163 valence electrons. The van der Waals surface area contributed by atoms with Crippen molar-refractivity contribution >= 4 is 19.4 Å². The minimum absolute atomic E-state index is 0.146. The molecule has 0 amide bonds. The summed E-state index contributed by atoms with van der Waals surface area (Å²) >= 11 is 0. The molecule has 0 saturated heterocycles. The quantitative estimate of drug-likeness (QED) is 0.539. The Morgan fingerprint density at radius 2 is 1.55 bits per heavy atom. The van der Waals surface area contributed by atoms with E-state index in [0.29, 0.717) is 12.5 Å². The smallest absolute Gasteiger partial charge is 0.283 e. The summed E-state index contributed by atoms with van der Waals surface area (Å²) in [6.45, 7) is 7.24. The monoisotopic (exact) mass is 432 g/mol. The summed E-state index contributed by atoms with van der Waals surface area (Å²) in [7, 11) is 0.722. The average Bonchev–Trinajstić information content (AvgIpc) is 3.15. The lowest BCUT2D eigenvalue weighted by atomic mass is 9.87. The number of nitrogens with zero attached hydrogens (tertiary/aromatic N) is 3. The normalized spacial score (nSPS) is 15.5. The average molecular weight is 433 g/mol. The zero-order chi connectivity index (χ0) is 21.8. The van der Waals surface area contributed by atoms with Crippen molar-refractivity contribution in [1.29, 1.82) is 0 Å². The maximum Gasteiger partial charge on any atom is 0.283 e. The van der Waals surface area contributed by atoms with Gasteiger partial charge < -0.3 is 8.99 Å². The fraction of sp³-hybridized carbons (Fsp3) is 0.462. The number of rotatable bonds is 6. The van der Waals surface area contributed by atoms with Gasteiger partial charge in [-0.2, -0.15) is 0 Å². The maximum atomic E-state index is 6.59. The predicted molar refractivity (Wildman–Crippen MR) is 128 cm³/mol. The van der Waals surface area contributed by atoms with Crippen LogP contribution in [0.4, 0.5) is 0 Å². The van der Waals surface area contributed by atoms with E-state index in [9.17, 15) is 0 Å². The number of hydrogen-bond acceptors (Lipinski definition) is 3. The van der Waals surface area contributed by atoms with E-state index in [1.807, 2.05) is 0 Å². The molecule has 1 aliphatic carbocycles. The highest BCUT2D eigenvalue weighted by atomic mass is 28.3. The van der Waals surface area contributed by atoms with Gasteiger partial charge in [0.05, 0.1) is 6.61 Å². The third kappa shape index (κ3) is 5.16. The van der Waals surface area contributed by atoms with Crippen molar-refractivity contribution in [3.63, 3.8) is 0 Å². The van der Waals surface area contributed by atoms with Crippen LogP contribution in [0.25, 0.3) is 0 Å². The molecule has 31 heavy (non-hydrogen) atoms. The topological polar surface area (TPSA) is 39.9 Å². The lowest BCUT2D eigenvalue weighted by Gasteiger charge is -2.21. The minimum Gasteiger partial charge on any atom is -0.400 e. The first kappa shape index (κ1) is 22.0. The lowest BCUT2D eigenvalue weighted by Crippen LogP contribution is -2.45. The van der Waals surface area contributed by atoms with E-state index in [4.69, 9.17) is 4.43 Å². The van der Waals surface area contributed by atoms with Crippen molar-refractivity contribution in [2.45, 2.75) is 70.8 Å². The summed E-state index contributed by atoms with van der Waals surface area (Å²) in [5, 5.41) is 11.6. The first-order valence-electron chi connectivity index (χ1n) is 11.5. The van der Waals surface area contributed by atoms with Crippen LogP contribution in [0.15, 0.2) is 54.6 Å². The Morgan fingerprint density at radius 1 is 0.903 bits per heavy atom. The molecule has 1 heterocycles. The molecular formula is C26H34N3OSi. The van der Waals surface area contributed by atoms with Crippen molar-refractivity contribution in [3.8, 4) is 0 Å². The molecule has 0 spiro atoms. The fourth-order valence-corrected chi connectivity index (χ4v) is 6.30. The standard InChI is InChI=1S/C26H34N3OSi/c1-26(2,3)21-15-17-23(18-16-21)31(22-13-9-6-10-14-22)30-19-24-27-28-25(29(24)4)20-11-7-5-8-12-20/h6,9-10,13-18,20H,5,7-8,11-12,19H2,1-4H3. The Labute approximate surface area is 188 Å². The molecule has 4 nitrogen and oxygen atoms in total. The van der Waals surface area contributed by atoms with Gasteiger partial charge in [-0.05, 0) is 34.2 Å². The van der Waals surface area contributed by atoms with Gasteiger partial charge in [0.15, 0.2) is 5.82 Å². The number of benzene rings is 2. The Kier molecular flexibility index (Phi) is 6.73. The fourth-order valence-electron chi connectivity index (χ4n) is 4.40. The third-order valence-electron chi connectivity index (χ3n) is 6.36. The van der Waals surface area contributed by atoms with E-state index in [2.05, 4.69) is 97.2 Å². The van der Waals surface area contributed by atoms with Crippen molar-refractivity contribution in [2.75, 3.05) is 0 Å². The summed E-state index contributed by atoms with van der Waals surface area (Å²) in [5.41, 5.74) is 1.49. The zero-order valence-electron chi connectivity index (χ0n) is 19.3. The first-order chi connectivity index (χ1) is 14.9.